The molecule has 0 atom stereocenters. The van der Waals surface area contributed by atoms with Crippen molar-refractivity contribution in [1.29, 1.82) is 0 Å². The van der Waals surface area contributed by atoms with Crippen LogP contribution in [-0.2, 0) is 4.74 Å². The van der Waals surface area contributed by atoms with Gasteiger partial charge in [-0.15, -0.1) is 0 Å². The SMILES string of the molecule is CCOC(=O)c1cc(N(C)C2CCCCC2)c(F)cc1N. The molecule has 0 heterocycles. The van der Waals surface area contributed by atoms with Gasteiger partial charge in [0.15, 0.2) is 0 Å². The number of nitrogens with two attached hydrogens (primary N) is 1. The molecule has 2 N–H and O–H groups in total. The van der Waals surface area contributed by atoms with Gasteiger partial charge in [0.2, 0.25) is 0 Å². The second kappa shape index (κ2) is 6.78. The molecule has 116 valence electrons. The van der Waals surface area contributed by atoms with Gasteiger partial charge in [0.1, 0.15) is 5.82 Å². The Morgan fingerprint density at radius 3 is 2.67 bits per heavy atom. The number of rotatable bonds is 4. The number of nitrogen functional groups attached to an aromatic ring is 1. The zero-order valence-electron chi connectivity index (χ0n) is 12.7. The molecule has 0 bridgehead atoms. The second-order valence-corrected chi connectivity index (χ2v) is 5.51. The van der Waals surface area contributed by atoms with Crippen LogP contribution in [0.5, 0.6) is 0 Å². The first-order valence-corrected chi connectivity index (χ1v) is 7.53. The lowest BCUT2D eigenvalue weighted by Crippen LogP contribution is -2.34. The fourth-order valence-electron chi connectivity index (χ4n) is 2.90. The van der Waals surface area contributed by atoms with Crippen LogP contribution in [0.4, 0.5) is 15.8 Å². The maximum absolute atomic E-state index is 14.2. The second-order valence-electron chi connectivity index (χ2n) is 5.51. The Balaban J connectivity index is 2.29. The van der Waals surface area contributed by atoms with E-state index in [1.807, 2.05) is 11.9 Å². The predicted octanol–water partition coefficient (Wildman–Crippen LogP) is 3.35. The van der Waals surface area contributed by atoms with Crippen LogP contribution in [0, 0.1) is 5.82 Å². The zero-order chi connectivity index (χ0) is 15.4. The van der Waals surface area contributed by atoms with Gasteiger partial charge in [-0.1, -0.05) is 19.3 Å². The first-order chi connectivity index (χ1) is 10.0. The van der Waals surface area contributed by atoms with Gasteiger partial charge in [0.25, 0.3) is 0 Å². The van der Waals surface area contributed by atoms with E-state index < -0.39 is 11.8 Å². The minimum atomic E-state index is -0.506. The first kappa shape index (κ1) is 15.6. The van der Waals surface area contributed by atoms with Gasteiger partial charge in [-0.3, -0.25) is 0 Å². The number of carbonyl (C=O) groups excluding carboxylic acids is 1. The minimum absolute atomic E-state index is 0.117. The van der Waals surface area contributed by atoms with E-state index in [9.17, 15) is 9.18 Å². The molecule has 21 heavy (non-hydrogen) atoms. The Morgan fingerprint density at radius 2 is 2.05 bits per heavy atom. The van der Waals surface area contributed by atoms with Crippen LogP contribution >= 0.6 is 0 Å². The molecule has 0 amide bonds. The van der Waals surface area contributed by atoms with E-state index in [2.05, 4.69) is 0 Å². The highest BCUT2D eigenvalue weighted by molar-refractivity contribution is 5.96. The molecule has 0 spiro atoms. The molecular weight excluding hydrogens is 271 g/mol. The van der Waals surface area contributed by atoms with Crippen molar-refractivity contribution in [3.63, 3.8) is 0 Å². The fourth-order valence-corrected chi connectivity index (χ4v) is 2.90. The van der Waals surface area contributed by atoms with Crippen molar-refractivity contribution in [2.24, 2.45) is 0 Å². The molecule has 0 aromatic heterocycles. The predicted molar refractivity (Wildman–Crippen MR) is 82.0 cm³/mol. The summed E-state index contributed by atoms with van der Waals surface area (Å²) in [6, 6.07) is 3.03. The smallest absolute Gasteiger partial charge is 0.340 e. The van der Waals surface area contributed by atoms with Crippen molar-refractivity contribution in [2.75, 3.05) is 24.3 Å². The van der Waals surface area contributed by atoms with Crippen molar-refractivity contribution < 1.29 is 13.9 Å². The summed E-state index contributed by atoms with van der Waals surface area (Å²) < 4.78 is 19.2. The van der Waals surface area contributed by atoms with Crippen molar-refractivity contribution >= 4 is 17.3 Å². The number of esters is 1. The number of benzene rings is 1. The molecule has 1 aliphatic carbocycles. The Morgan fingerprint density at radius 1 is 1.38 bits per heavy atom. The van der Waals surface area contributed by atoms with Gasteiger partial charge in [-0.25, -0.2) is 9.18 Å². The highest BCUT2D eigenvalue weighted by Gasteiger charge is 2.23. The normalized spacial score (nSPS) is 15.8. The lowest BCUT2D eigenvalue weighted by atomic mass is 9.94. The molecule has 0 saturated heterocycles. The molecular formula is C16H23FN2O2. The number of hydrogen-bond donors (Lipinski definition) is 1. The van der Waals surface area contributed by atoms with Crippen molar-refractivity contribution in [2.45, 2.75) is 45.1 Å². The lowest BCUT2D eigenvalue weighted by molar-refractivity contribution is 0.0527. The summed E-state index contributed by atoms with van der Waals surface area (Å²) in [6.45, 7) is 2.00. The Bertz CT molecular complexity index is 513. The monoisotopic (exact) mass is 294 g/mol. The van der Waals surface area contributed by atoms with Crippen LogP contribution in [0.1, 0.15) is 49.4 Å². The number of anilines is 2. The molecule has 1 aliphatic rings. The highest BCUT2D eigenvalue weighted by Crippen LogP contribution is 2.30. The summed E-state index contributed by atoms with van der Waals surface area (Å²) in [5.74, 6) is -0.901. The minimum Gasteiger partial charge on any atom is -0.462 e. The largest absolute Gasteiger partial charge is 0.462 e. The van der Waals surface area contributed by atoms with Gasteiger partial charge >= 0.3 is 5.97 Å². The van der Waals surface area contributed by atoms with E-state index in [0.717, 1.165) is 25.7 Å². The highest BCUT2D eigenvalue weighted by atomic mass is 19.1. The van der Waals surface area contributed by atoms with Gasteiger partial charge in [0.05, 0.1) is 17.9 Å². The van der Waals surface area contributed by atoms with E-state index >= 15 is 0 Å². The van der Waals surface area contributed by atoms with Crippen LogP contribution in [0.25, 0.3) is 0 Å². The van der Waals surface area contributed by atoms with Crippen LogP contribution in [0.3, 0.4) is 0 Å². The van der Waals surface area contributed by atoms with Gasteiger partial charge < -0.3 is 15.4 Å². The van der Waals surface area contributed by atoms with Crippen LogP contribution in [0.15, 0.2) is 12.1 Å². The first-order valence-electron chi connectivity index (χ1n) is 7.53. The quantitative estimate of drug-likeness (QED) is 0.683. The third kappa shape index (κ3) is 3.46. The van der Waals surface area contributed by atoms with Gasteiger partial charge in [-0.2, -0.15) is 0 Å². The Kier molecular flexibility index (Phi) is 5.04. The average Bonchev–Trinajstić information content (AvgIpc) is 2.48. The van der Waals surface area contributed by atoms with Gasteiger partial charge in [-0.05, 0) is 31.9 Å². The third-order valence-corrected chi connectivity index (χ3v) is 4.12. The number of halogens is 1. The Hall–Kier alpha value is -1.78. The van der Waals surface area contributed by atoms with E-state index in [4.69, 9.17) is 10.5 Å². The maximum atomic E-state index is 14.2. The fraction of sp³-hybridized carbons (Fsp3) is 0.562. The zero-order valence-corrected chi connectivity index (χ0v) is 12.7. The maximum Gasteiger partial charge on any atom is 0.340 e. The summed E-state index contributed by atoms with van der Waals surface area (Å²) in [5, 5.41) is 0. The van der Waals surface area contributed by atoms with Crippen LogP contribution in [0.2, 0.25) is 0 Å². The third-order valence-electron chi connectivity index (χ3n) is 4.12. The molecule has 0 radical (unpaired) electrons. The number of carbonyl (C=O) groups is 1. The lowest BCUT2D eigenvalue weighted by Gasteiger charge is -2.33. The number of hydrogen-bond acceptors (Lipinski definition) is 4. The molecule has 2 rings (SSSR count). The Labute approximate surface area is 125 Å². The summed E-state index contributed by atoms with van der Waals surface area (Å²) in [4.78, 5) is 13.8. The van der Waals surface area contributed by atoms with Gasteiger partial charge in [0, 0.05) is 18.8 Å². The molecule has 0 unspecified atom stereocenters. The standard InChI is InChI=1S/C16H23FN2O2/c1-3-21-16(20)12-9-15(13(17)10-14(12)18)19(2)11-7-5-4-6-8-11/h9-11H,3-8,18H2,1-2H3. The van der Waals surface area contributed by atoms with Crippen LogP contribution < -0.4 is 10.6 Å². The summed E-state index contributed by atoms with van der Waals surface area (Å²) >= 11 is 0. The molecule has 1 aromatic carbocycles. The molecule has 4 nitrogen and oxygen atoms in total. The molecule has 1 aromatic rings. The van der Waals surface area contributed by atoms with Crippen LogP contribution in [-0.4, -0.2) is 25.7 Å². The molecule has 1 fully saturated rings. The van der Waals surface area contributed by atoms with Crippen molar-refractivity contribution in [3.8, 4) is 0 Å². The van der Waals surface area contributed by atoms with Crippen molar-refractivity contribution in [1.82, 2.24) is 0 Å². The number of ether oxygens (including phenoxy) is 1. The topological polar surface area (TPSA) is 55.6 Å². The van der Waals surface area contributed by atoms with E-state index in [1.54, 1.807) is 6.92 Å². The van der Waals surface area contributed by atoms with Crippen molar-refractivity contribution in [3.05, 3.63) is 23.5 Å². The molecule has 0 aliphatic heterocycles. The van der Waals surface area contributed by atoms with E-state index in [1.165, 1.54) is 18.6 Å². The summed E-state index contributed by atoms with van der Waals surface area (Å²) in [5.41, 5.74) is 6.51. The van der Waals surface area contributed by atoms with E-state index in [0.29, 0.717) is 11.7 Å². The van der Waals surface area contributed by atoms with E-state index in [-0.39, 0.29) is 17.9 Å². The summed E-state index contributed by atoms with van der Waals surface area (Å²) in [6.07, 6.45) is 5.67. The average molecular weight is 294 g/mol. The molecule has 1 saturated carbocycles. The number of nitrogens with zero attached hydrogens (tertiary/aromatic N) is 1. The summed E-state index contributed by atoms with van der Waals surface area (Å²) in [7, 11) is 1.87. The molecule has 5 heteroatoms.